The summed E-state index contributed by atoms with van der Waals surface area (Å²) >= 11 is 0. The van der Waals surface area contributed by atoms with Crippen LogP contribution in [-0.4, -0.2) is 66.0 Å². The van der Waals surface area contributed by atoms with Crippen LogP contribution in [-0.2, 0) is 5.66 Å². The zero-order valence-electron chi connectivity index (χ0n) is 21.1. The Bertz CT molecular complexity index is 1530. The van der Waals surface area contributed by atoms with Crippen LogP contribution in [0.3, 0.4) is 0 Å². The second-order valence-electron chi connectivity index (χ2n) is 10.3. The number of rotatable bonds is 3. The maximum atomic E-state index is 13.6. The Morgan fingerprint density at radius 2 is 1.92 bits per heavy atom. The Hall–Kier alpha value is -4.08. The van der Waals surface area contributed by atoms with Gasteiger partial charge in [-0.1, -0.05) is 53.3 Å². The maximum Gasteiger partial charge on any atom is 0.313 e. The number of amides is 2. The minimum atomic E-state index is -0.753. The van der Waals surface area contributed by atoms with Crippen LogP contribution < -0.4 is 4.57 Å². The van der Waals surface area contributed by atoms with E-state index in [9.17, 15) is 9.59 Å². The summed E-state index contributed by atoms with van der Waals surface area (Å²) in [7, 11) is 0. The minimum absolute atomic E-state index is 0.0459. The summed E-state index contributed by atoms with van der Waals surface area (Å²) < 4.78 is 3.90. The maximum absolute atomic E-state index is 13.6. The molecule has 2 aliphatic rings. The van der Waals surface area contributed by atoms with Crippen molar-refractivity contribution in [2.75, 3.05) is 19.6 Å². The minimum Gasteiger partial charge on any atom is -0.328 e. The third kappa shape index (κ3) is 3.16. The summed E-state index contributed by atoms with van der Waals surface area (Å²) in [4.78, 5) is 34.6. The van der Waals surface area contributed by atoms with Gasteiger partial charge in [0.15, 0.2) is 6.20 Å². The molecule has 0 bridgehead atoms. The lowest BCUT2D eigenvalue weighted by Crippen LogP contribution is -2.69. The van der Waals surface area contributed by atoms with Crippen molar-refractivity contribution in [1.29, 1.82) is 0 Å². The second kappa shape index (κ2) is 7.71. The first-order valence-corrected chi connectivity index (χ1v) is 12.2. The molecule has 4 aromatic rings. The van der Waals surface area contributed by atoms with E-state index < -0.39 is 5.66 Å². The van der Waals surface area contributed by atoms with Crippen LogP contribution in [0.5, 0.6) is 0 Å². The van der Waals surface area contributed by atoms with Gasteiger partial charge in [-0.15, -0.1) is 5.10 Å². The van der Waals surface area contributed by atoms with Crippen molar-refractivity contribution in [3.8, 4) is 11.3 Å². The van der Waals surface area contributed by atoms with E-state index in [0.29, 0.717) is 31.2 Å². The topological polar surface area (TPSA) is 103 Å². The fourth-order valence-electron chi connectivity index (χ4n) is 5.47. The van der Waals surface area contributed by atoms with Gasteiger partial charge in [0.2, 0.25) is 17.2 Å². The summed E-state index contributed by atoms with van der Waals surface area (Å²) in [5.74, 6) is 0.639. The first-order chi connectivity index (χ1) is 17.2. The quantitative estimate of drug-likeness (QED) is 0.449. The summed E-state index contributed by atoms with van der Waals surface area (Å²) in [6.45, 7) is 11.3. The van der Waals surface area contributed by atoms with Crippen LogP contribution in [0.1, 0.15) is 64.7 Å². The predicted octanol–water partition coefficient (Wildman–Crippen LogP) is 2.43. The molecule has 1 fully saturated rings. The number of fused-ring (bicyclic) bond motifs is 5. The standard InChI is InChI=1S/C26H28N8O2/c1-15(2)19-12-20(18-8-6-16(3)7-9-18)30-33-13-21-24(35)32-11-10-31(14-26(32,5)34(21)23(19)33)25(36)22-27-17(4)28-29-22/h6-9,12-13,15H,10-11,14H2,1-5H3/p+1. The van der Waals surface area contributed by atoms with E-state index in [1.807, 2.05) is 22.5 Å². The number of hydrogen-bond acceptors (Lipinski definition) is 5. The van der Waals surface area contributed by atoms with Crippen molar-refractivity contribution in [3.05, 3.63) is 65.0 Å². The van der Waals surface area contributed by atoms with E-state index in [1.54, 1.807) is 11.8 Å². The average Bonchev–Trinajstić information content (AvgIpc) is 3.51. The lowest BCUT2D eigenvalue weighted by atomic mass is 10.0. The Labute approximate surface area is 208 Å². The van der Waals surface area contributed by atoms with Crippen molar-refractivity contribution in [1.82, 2.24) is 34.6 Å². The number of nitrogens with one attached hydrogen (secondary N) is 1. The summed E-state index contributed by atoms with van der Waals surface area (Å²) in [6, 6.07) is 10.4. The molecule has 3 aromatic heterocycles. The molecule has 0 radical (unpaired) electrons. The number of nitrogens with zero attached hydrogens (tertiary/aromatic N) is 7. The Morgan fingerprint density at radius 1 is 1.17 bits per heavy atom. The molecular formula is C26H29N8O2+. The van der Waals surface area contributed by atoms with Gasteiger partial charge in [-0.05, 0) is 25.8 Å². The van der Waals surface area contributed by atoms with E-state index >= 15 is 0 Å². The highest BCUT2D eigenvalue weighted by atomic mass is 16.2. The Kier molecular flexibility index (Phi) is 4.79. The van der Waals surface area contributed by atoms with Crippen LogP contribution in [0, 0.1) is 13.8 Å². The molecule has 0 spiro atoms. The van der Waals surface area contributed by atoms with Gasteiger partial charge in [-0.25, -0.2) is 4.98 Å². The molecule has 1 saturated heterocycles. The predicted molar refractivity (Wildman–Crippen MR) is 131 cm³/mol. The molecule has 1 N–H and O–H groups in total. The number of imidazole rings is 1. The highest BCUT2D eigenvalue weighted by Gasteiger charge is 2.57. The SMILES string of the molecule is Cc1ccc(-c2cc(C(C)C)c3n(cc4[n+]3C3(C)CN(C(=O)c5n[nH]c(C)n5)CCN3C4=O)n2)cc1. The molecule has 10 nitrogen and oxygen atoms in total. The normalized spacial score (nSPS) is 19.3. The first kappa shape index (κ1) is 22.4. The van der Waals surface area contributed by atoms with E-state index in [-0.39, 0.29) is 23.6 Å². The van der Waals surface area contributed by atoms with Gasteiger partial charge < -0.3 is 4.90 Å². The van der Waals surface area contributed by atoms with Crippen LogP contribution in [0.2, 0.25) is 0 Å². The molecule has 0 saturated carbocycles. The molecule has 36 heavy (non-hydrogen) atoms. The third-order valence-corrected chi connectivity index (χ3v) is 7.34. The number of aromatic nitrogens is 6. The molecule has 10 heteroatoms. The third-order valence-electron chi connectivity index (χ3n) is 7.34. The number of carbonyl (C=O) groups excluding carboxylic acids is 2. The van der Waals surface area contributed by atoms with E-state index in [1.165, 1.54) is 5.56 Å². The lowest BCUT2D eigenvalue weighted by Gasteiger charge is -2.42. The van der Waals surface area contributed by atoms with Crippen molar-refractivity contribution < 1.29 is 14.2 Å². The molecule has 6 rings (SSSR count). The highest BCUT2D eigenvalue weighted by Crippen LogP contribution is 2.34. The number of aryl methyl sites for hydroxylation is 2. The number of piperazine rings is 1. The van der Waals surface area contributed by atoms with Crippen molar-refractivity contribution in [2.45, 2.75) is 46.2 Å². The second-order valence-corrected chi connectivity index (χ2v) is 10.3. The fourth-order valence-corrected chi connectivity index (χ4v) is 5.47. The van der Waals surface area contributed by atoms with Crippen LogP contribution in [0.25, 0.3) is 16.9 Å². The smallest absolute Gasteiger partial charge is 0.313 e. The van der Waals surface area contributed by atoms with E-state index in [4.69, 9.17) is 5.10 Å². The molecule has 0 aliphatic carbocycles. The summed E-state index contributed by atoms with van der Waals surface area (Å²) in [5.41, 5.74) is 4.87. The van der Waals surface area contributed by atoms with Gasteiger partial charge >= 0.3 is 11.6 Å². The molecule has 5 heterocycles. The van der Waals surface area contributed by atoms with Gasteiger partial charge in [0.05, 0.1) is 6.54 Å². The number of H-pyrrole nitrogens is 1. The largest absolute Gasteiger partial charge is 0.328 e. The van der Waals surface area contributed by atoms with Crippen molar-refractivity contribution >= 4 is 17.5 Å². The molecule has 2 amide bonds. The zero-order chi connectivity index (χ0) is 25.4. The van der Waals surface area contributed by atoms with E-state index in [2.05, 4.69) is 70.9 Å². The van der Waals surface area contributed by atoms with Crippen molar-refractivity contribution in [2.24, 2.45) is 0 Å². The van der Waals surface area contributed by atoms with Gasteiger partial charge in [0.25, 0.3) is 5.91 Å². The highest BCUT2D eigenvalue weighted by molar-refractivity contribution is 5.94. The Balaban J connectivity index is 1.48. The molecule has 1 unspecified atom stereocenters. The number of carbonyl (C=O) groups is 2. The van der Waals surface area contributed by atoms with Gasteiger partial charge in [-0.3, -0.25) is 19.6 Å². The monoisotopic (exact) mass is 485 g/mol. The van der Waals surface area contributed by atoms with Crippen LogP contribution in [0.15, 0.2) is 36.5 Å². The Morgan fingerprint density at radius 3 is 2.58 bits per heavy atom. The van der Waals surface area contributed by atoms with Crippen LogP contribution >= 0.6 is 0 Å². The summed E-state index contributed by atoms with van der Waals surface area (Å²) in [5, 5.41) is 11.7. The summed E-state index contributed by atoms with van der Waals surface area (Å²) in [6.07, 6.45) is 1.83. The molecule has 1 aromatic carbocycles. The van der Waals surface area contributed by atoms with Crippen LogP contribution in [0.4, 0.5) is 0 Å². The lowest BCUT2D eigenvalue weighted by molar-refractivity contribution is -0.749. The zero-order valence-corrected chi connectivity index (χ0v) is 21.1. The number of benzene rings is 1. The molecule has 2 aliphatic heterocycles. The molecule has 184 valence electrons. The average molecular weight is 486 g/mol. The number of hydrogen-bond donors (Lipinski definition) is 1. The molecular weight excluding hydrogens is 456 g/mol. The van der Waals surface area contributed by atoms with Gasteiger partial charge in [0.1, 0.15) is 11.5 Å². The fraction of sp³-hybridized carbons (Fsp3) is 0.385. The van der Waals surface area contributed by atoms with Gasteiger partial charge in [0, 0.05) is 31.1 Å². The van der Waals surface area contributed by atoms with E-state index in [0.717, 1.165) is 22.5 Å². The van der Waals surface area contributed by atoms with Gasteiger partial charge in [-0.2, -0.15) is 4.57 Å². The van der Waals surface area contributed by atoms with Crippen molar-refractivity contribution in [3.63, 3.8) is 0 Å². The first-order valence-electron chi connectivity index (χ1n) is 12.2. The molecule has 1 atom stereocenters. The number of aromatic amines is 1.